The Bertz CT molecular complexity index is 342. The molecule has 2 saturated heterocycles. The zero-order valence-electron chi connectivity index (χ0n) is 10.7. The van der Waals surface area contributed by atoms with Crippen LogP contribution in [0.1, 0.15) is 26.2 Å². The van der Waals surface area contributed by atoms with Gasteiger partial charge in [-0.05, 0) is 19.4 Å². The molecule has 0 aromatic rings. The normalized spacial score (nSPS) is 32.3. The SMILES string of the molecule is CC(=O)N[C@@H]1CCCN(C(=O)[C@@]2(F)CCNC2)C1. The number of carbonyl (C=O) groups is 2. The summed E-state index contributed by atoms with van der Waals surface area (Å²) < 4.78 is 14.3. The van der Waals surface area contributed by atoms with Gasteiger partial charge in [-0.1, -0.05) is 0 Å². The second-order valence-corrected chi connectivity index (χ2v) is 5.18. The summed E-state index contributed by atoms with van der Waals surface area (Å²) in [6.45, 7) is 3.11. The molecule has 6 heteroatoms. The van der Waals surface area contributed by atoms with Crippen molar-refractivity contribution < 1.29 is 14.0 Å². The number of hydrogen-bond acceptors (Lipinski definition) is 3. The van der Waals surface area contributed by atoms with E-state index in [4.69, 9.17) is 0 Å². The first-order valence-electron chi connectivity index (χ1n) is 6.47. The molecule has 102 valence electrons. The van der Waals surface area contributed by atoms with Gasteiger partial charge in [0.2, 0.25) is 11.6 Å². The molecule has 0 unspecified atom stereocenters. The minimum absolute atomic E-state index is 0.0434. The van der Waals surface area contributed by atoms with E-state index in [1.54, 1.807) is 4.90 Å². The van der Waals surface area contributed by atoms with Crippen molar-refractivity contribution in [2.75, 3.05) is 26.2 Å². The smallest absolute Gasteiger partial charge is 0.261 e. The highest BCUT2D eigenvalue weighted by Crippen LogP contribution is 2.24. The molecule has 0 spiro atoms. The topological polar surface area (TPSA) is 61.4 Å². The van der Waals surface area contributed by atoms with Crippen LogP contribution < -0.4 is 10.6 Å². The van der Waals surface area contributed by atoms with Crippen LogP contribution in [0.3, 0.4) is 0 Å². The van der Waals surface area contributed by atoms with E-state index >= 15 is 0 Å². The number of hydrogen-bond donors (Lipinski definition) is 2. The summed E-state index contributed by atoms with van der Waals surface area (Å²) >= 11 is 0. The lowest BCUT2D eigenvalue weighted by molar-refractivity contribution is -0.144. The molecule has 2 fully saturated rings. The van der Waals surface area contributed by atoms with E-state index < -0.39 is 11.6 Å². The molecular formula is C12H20FN3O2. The third-order valence-corrected chi connectivity index (χ3v) is 3.60. The molecule has 0 aromatic carbocycles. The second-order valence-electron chi connectivity index (χ2n) is 5.18. The molecule has 0 bridgehead atoms. The largest absolute Gasteiger partial charge is 0.352 e. The van der Waals surface area contributed by atoms with Crippen molar-refractivity contribution in [2.45, 2.75) is 37.9 Å². The summed E-state index contributed by atoms with van der Waals surface area (Å²) in [5, 5.41) is 5.68. The monoisotopic (exact) mass is 257 g/mol. The second kappa shape index (κ2) is 5.22. The van der Waals surface area contributed by atoms with Crippen LogP contribution in [0.2, 0.25) is 0 Å². The molecule has 2 rings (SSSR count). The summed E-state index contributed by atoms with van der Waals surface area (Å²) in [7, 11) is 0. The molecule has 18 heavy (non-hydrogen) atoms. The Hall–Kier alpha value is -1.17. The van der Waals surface area contributed by atoms with Gasteiger partial charge in [0.25, 0.3) is 5.91 Å². The fourth-order valence-corrected chi connectivity index (χ4v) is 2.69. The standard InChI is InChI=1S/C12H20FN3O2/c1-9(17)15-10-3-2-6-16(7-10)11(18)12(13)4-5-14-8-12/h10,14H,2-8H2,1H3,(H,15,17)/t10-,12-/m1/s1. The summed E-state index contributed by atoms with van der Waals surface area (Å²) in [6.07, 6.45) is 1.90. The summed E-state index contributed by atoms with van der Waals surface area (Å²) in [5.41, 5.74) is -1.75. The molecule has 2 N–H and O–H groups in total. The van der Waals surface area contributed by atoms with Crippen LogP contribution in [0.25, 0.3) is 0 Å². The number of piperidine rings is 1. The third kappa shape index (κ3) is 2.80. The molecular weight excluding hydrogens is 237 g/mol. The highest BCUT2D eigenvalue weighted by molar-refractivity contribution is 5.86. The van der Waals surface area contributed by atoms with Gasteiger partial charge in [0.1, 0.15) is 0 Å². The summed E-state index contributed by atoms with van der Waals surface area (Å²) in [6, 6.07) is -0.0434. The van der Waals surface area contributed by atoms with Crippen LogP contribution in [-0.4, -0.2) is 54.6 Å². The predicted octanol–water partition coefficient (Wildman–Crippen LogP) is -0.185. The Balaban J connectivity index is 1.95. The molecule has 0 aromatic heterocycles. The van der Waals surface area contributed by atoms with Gasteiger partial charge in [0, 0.05) is 39.0 Å². The maximum absolute atomic E-state index is 14.3. The van der Waals surface area contributed by atoms with Crippen LogP contribution in [0.4, 0.5) is 4.39 Å². The Morgan fingerprint density at radius 1 is 1.50 bits per heavy atom. The first-order valence-corrected chi connectivity index (χ1v) is 6.47. The van der Waals surface area contributed by atoms with Crippen LogP contribution in [-0.2, 0) is 9.59 Å². The zero-order valence-corrected chi connectivity index (χ0v) is 10.7. The lowest BCUT2D eigenvalue weighted by Gasteiger charge is -2.35. The van der Waals surface area contributed by atoms with Crippen LogP contribution in [0.5, 0.6) is 0 Å². The van der Waals surface area contributed by atoms with Crippen molar-refractivity contribution in [1.29, 1.82) is 0 Å². The van der Waals surface area contributed by atoms with E-state index in [9.17, 15) is 14.0 Å². The van der Waals surface area contributed by atoms with Gasteiger partial charge in [-0.25, -0.2) is 4.39 Å². The molecule has 2 amide bonds. The average molecular weight is 257 g/mol. The molecule has 0 radical (unpaired) electrons. The molecule has 0 aliphatic carbocycles. The zero-order chi connectivity index (χ0) is 13.2. The van der Waals surface area contributed by atoms with Crippen molar-refractivity contribution in [3.8, 4) is 0 Å². The van der Waals surface area contributed by atoms with E-state index in [0.717, 1.165) is 12.8 Å². The number of rotatable bonds is 2. The molecule has 5 nitrogen and oxygen atoms in total. The van der Waals surface area contributed by atoms with Crippen LogP contribution in [0, 0.1) is 0 Å². The van der Waals surface area contributed by atoms with Crippen molar-refractivity contribution in [3.05, 3.63) is 0 Å². The Labute approximate surface area is 106 Å². The van der Waals surface area contributed by atoms with Gasteiger partial charge in [0.15, 0.2) is 0 Å². The number of amides is 2. The minimum atomic E-state index is -1.75. The lowest BCUT2D eigenvalue weighted by Crippen LogP contribution is -2.55. The van der Waals surface area contributed by atoms with E-state index in [1.165, 1.54) is 6.92 Å². The Morgan fingerprint density at radius 2 is 2.28 bits per heavy atom. The van der Waals surface area contributed by atoms with Crippen LogP contribution in [0.15, 0.2) is 0 Å². The summed E-state index contributed by atoms with van der Waals surface area (Å²) in [4.78, 5) is 24.7. The highest BCUT2D eigenvalue weighted by Gasteiger charge is 2.44. The first kappa shape index (κ1) is 13.3. The quantitative estimate of drug-likeness (QED) is 0.721. The van der Waals surface area contributed by atoms with Gasteiger partial charge in [0.05, 0.1) is 0 Å². The van der Waals surface area contributed by atoms with Gasteiger partial charge < -0.3 is 15.5 Å². The van der Waals surface area contributed by atoms with E-state index in [1.807, 2.05) is 0 Å². The van der Waals surface area contributed by atoms with Gasteiger partial charge in [-0.2, -0.15) is 0 Å². The summed E-state index contributed by atoms with van der Waals surface area (Å²) in [5.74, 6) is -0.533. The number of nitrogens with zero attached hydrogens (tertiary/aromatic N) is 1. The Morgan fingerprint density at radius 3 is 2.89 bits per heavy atom. The van der Waals surface area contributed by atoms with E-state index in [0.29, 0.717) is 19.6 Å². The van der Waals surface area contributed by atoms with Gasteiger partial charge in [-0.3, -0.25) is 9.59 Å². The predicted molar refractivity (Wildman–Crippen MR) is 64.7 cm³/mol. The van der Waals surface area contributed by atoms with Crippen molar-refractivity contribution in [1.82, 2.24) is 15.5 Å². The van der Waals surface area contributed by atoms with Crippen molar-refractivity contribution in [3.63, 3.8) is 0 Å². The van der Waals surface area contributed by atoms with Gasteiger partial charge >= 0.3 is 0 Å². The van der Waals surface area contributed by atoms with E-state index in [-0.39, 0.29) is 24.9 Å². The molecule has 2 atom stereocenters. The fraction of sp³-hybridized carbons (Fsp3) is 0.833. The highest BCUT2D eigenvalue weighted by atomic mass is 19.1. The maximum atomic E-state index is 14.3. The average Bonchev–Trinajstić information content (AvgIpc) is 2.76. The first-order chi connectivity index (χ1) is 8.51. The number of likely N-dealkylation sites (tertiary alicyclic amines) is 1. The maximum Gasteiger partial charge on any atom is 0.261 e. The van der Waals surface area contributed by atoms with Crippen molar-refractivity contribution >= 4 is 11.8 Å². The van der Waals surface area contributed by atoms with Crippen molar-refractivity contribution in [2.24, 2.45) is 0 Å². The van der Waals surface area contributed by atoms with Crippen LogP contribution >= 0.6 is 0 Å². The molecule has 0 saturated carbocycles. The number of nitrogens with one attached hydrogen (secondary N) is 2. The lowest BCUT2D eigenvalue weighted by atomic mass is 9.99. The molecule has 2 heterocycles. The fourth-order valence-electron chi connectivity index (χ4n) is 2.69. The third-order valence-electron chi connectivity index (χ3n) is 3.60. The minimum Gasteiger partial charge on any atom is -0.352 e. The number of halogens is 1. The van der Waals surface area contributed by atoms with E-state index in [2.05, 4.69) is 10.6 Å². The molecule has 2 aliphatic rings. The van der Waals surface area contributed by atoms with Gasteiger partial charge in [-0.15, -0.1) is 0 Å². The Kier molecular flexibility index (Phi) is 3.85. The number of alkyl halides is 1. The molecule has 2 aliphatic heterocycles. The number of carbonyl (C=O) groups excluding carboxylic acids is 2.